The van der Waals surface area contributed by atoms with Gasteiger partial charge < -0.3 is 19.4 Å². The van der Waals surface area contributed by atoms with E-state index in [9.17, 15) is 4.79 Å². The van der Waals surface area contributed by atoms with Gasteiger partial charge in [0.25, 0.3) is 0 Å². The number of carbonyl (C=O) groups excluding carboxylic acids is 1. The number of benzene rings is 1. The molecule has 1 heterocycles. The molecule has 0 saturated heterocycles. The number of anilines is 1. The number of hydrogen-bond acceptors (Lipinski definition) is 6. The van der Waals surface area contributed by atoms with E-state index < -0.39 is 0 Å². The number of rotatable bonds is 9. The Bertz CT molecular complexity index is 1040. The lowest BCUT2D eigenvalue weighted by atomic mass is 9.49. The summed E-state index contributed by atoms with van der Waals surface area (Å²) in [6, 6.07) is 3.30. The minimum atomic E-state index is -0.152. The van der Waals surface area contributed by atoms with Gasteiger partial charge in [-0.15, -0.1) is 10.2 Å². The molecule has 0 atom stereocenters. The van der Waals surface area contributed by atoms with Gasteiger partial charge in [-0.2, -0.15) is 0 Å². The summed E-state index contributed by atoms with van der Waals surface area (Å²) < 4.78 is 12.8. The zero-order chi connectivity index (χ0) is 23.9. The van der Waals surface area contributed by atoms with E-state index in [2.05, 4.69) is 27.0 Å². The Kier molecular flexibility index (Phi) is 6.73. The van der Waals surface area contributed by atoms with Crippen molar-refractivity contribution < 1.29 is 14.3 Å². The van der Waals surface area contributed by atoms with Crippen molar-refractivity contribution in [3.05, 3.63) is 23.0 Å². The lowest BCUT2D eigenvalue weighted by Gasteiger charge is -2.56. The molecule has 34 heavy (non-hydrogen) atoms. The SMILES string of the molecule is CCn1c(CC23CC4CC(CC(C4)C2)C3)nnc1SCC(=O)Nc1cc(OC)c(Cl)cc1OC. The molecule has 0 spiro atoms. The molecule has 9 heteroatoms. The minimum Gasteiger partial charge on any atom is -0.495 e. The number of nitrogens with one attached hydrogen (secondary N) is 1. The number of carbonyl (C=O) groups is 1. The van der Waals surface area contributed by atoms with Crippen LogP contribution in [0.5, 0.6) is 11.5 Å². The molecular weight excluding hydrogens is 472 g/mol. The topological polar surface area (TPSA) is 78.3 Å². The summed E-state index contributed by atoms with van der Waals surface area (Å²) in [5, 5.41) is 13.2. The van der Waals surface area contributed by atoms with Crippen molar-refractivity contribution in [3.8, 4) is 11.5 Å². The summed E-state index contributed by atoms with van der Waals surface area (Å²) in [6.45, 7) is 2.93. The molecule has 6 rings (SSSR count). The molecule has 1 amide bonds. The predicted octanol–water partition coefficient (Wildman–Crippen LogP) is 5.46. The van der Waals surface area contributed by atoms with E-state index in [1.807, 2.05) is 0 Å². The van der Waals surface area contributed by atoms with Crippen molar-refractivity contribution in [2.45, 2.75) is 63.6 Å². The first kappa shape index (κ1) is 23.8. The van der Waals surface area contributed by atoms with Crippen LogP contribution in [0.2, 0.25) is 5.02 Å². The van der Waals surface area contributed by atoms with Gasteiger partial charge in [-0.3, -0.25) is 4.79 Å². The highest BCUT2D eigenvalue weighted by Gasteiger charge is 2.51. The number of aromatic nitrogens is 3. The number of amides is 1. The van der Waals surface area contributed by atoms with E-state index in [0.29, 0.717) is 27.6 Å². The first-order valence-corrected chi connectivity index (χ1v) is 13.5. The Hall–Kier alpha value is -1.93. The molecule has 4 bridgehead atoms. The van der Waals surface area contributed by atoms with Crippen LogP contribution in [-0.2, 0) is 17.8 Å². The van der Waals surface area contributed by atoms with Crippen LogP contribution < -0.4 is 14.8 Å². The molecule has 184 valence electrons. The number of nitrogens with zero attached hydrogens (tertiary/aromatic N) is 3. The fourth-order valence-electron chi connectivity index (χ4n) is 6.99. The predicted molar refractivity (Wildman–Crippen MR) is 134 cm³/mol. The lowest BCUT2D eigenvalue weighted by Crippen LogP contribution is -2.47. The molecule has 0 aliphatic heterocycles. The fraction of sp³-hybridized carbons (Fsp3) is 0.640. The van der Waals surface area contributed by atoms with Crippen LogP contribution in [-0.4, -0.2) is 40.6 Å². The second kappa shape index (κ2) is 9.61. The van der Waals surface area contributed by atoms with E-state index in [4.69, 9.17) is 21.1 Å². The number of halogens is 1. The van der Waals surface area contributed by atoms with Gasteiger partial charge in [-0.25, -0.2) is 0 Å². The Labute approximate surface area is 210 Å². The maximum absolute atomic E-state index is 12.7. The lowest BCUT2D eigenvalue weighted by molar-refractivity contribution is -0.113. The average molecular weight is 505 g/mol. The molecule has 2 aromatic rings. The van der Waals surface area contributed by atoms with E-state index >= 15 is 0 Å². The molecule has 4 saturated carbocycles. The molecule has 1 aromatic heterocycles. The van der Waals surface area contributed by atoms with Gasteiger partial charge in [0.2, 0.25) is 5.91 Å². The highest BCUT2D eigenvalue weighted by Crippen LogP contribution is 2.61. The van der Waals surface area contributed by atoms with Gasteiger partial charge >= 0.3 is 0 Å². The van der Waals surface area contributed by atoms with Gasteiger partial charge in [-0.1, -0.05) is 23.4 Å². The Morgan fingerprint density at radius 2 is 1.76 bits per heavy atom. The number of methoxy groups -OCH3 is 2. The standard InChI is InChI=1S/C25H33ClN4O3S/c1-4-30-22(13-25-10-15-5-16(11-25)7-17(6-15)12-25)28-29-24(30)34-14-23(31)27-19-9-20(32-2)18(26)8-21(19)33-3/h8-9,15-17H,4-7,10-14H2,1-3H3,(H,27,31). The zero-order valence-corrected chi connectivity index (χ0v) is 21.7. The van der Waals surface area contributed by atoms with Crippen molar-refractivity contribution in [3.63, 3.8) is 0 Å². The molecule has 1 N–H and O–H groups in total. The minimum absolute atomic E-state index is 0.152. The molecule has 4 fully saturated rings. The van der Waals surface area contributed by atoms with E-state index in [1.54, 1.807) is 12.1 Å². The number of hydrogen-bond donors (Lipinski definition) is 1. The van der Waals surface area contributed by atoms with Crippen LogP contribution in [0.3, 0.4) is 0 Å². The van der Waals surface area contributed by atoms with Crippen LogP contribution in [0.1, 0.15) is 51.3 Å². The summed E-state index contributed by atoms with van der Waals surface area (Å²) in [5.74, 6) is 4.88. The van der Waals surface area contributed by atoms with Gasteiger partial charge in [0.1, 0.15) is 17.3 Å². The van der Waals surface area contributed by atoms with Crippen LogP contribution in [0.4, 0.5) is 5.69 Å². The number of ether oxygens (including phenoxy) is 2. The third-order valence-corrected chi connectivity index (χ3v) is 9.15. The van der Waals surface area contributed by atoms with Gasteiger partial charge in [0, 0.05) is 25.1 Å². The van der Waals surface area contributed by atoms with Crippen molar-refractivity contribution in [2.75, 3.05) is 25.3 Å². The first-order chi connectivity index (χ1) is 16.4. The Morgan fingerprint density at radius 1 is 1.12 bits per heavy atom. The fourth-order valence-corrected chi connectivity index (χ4v) is 8.04. The smallest absolute Gasteiger partial charge is 0.234 e. The van der Waals surface area contributed by atoms with Gasteiger partial charge in [-0.05, 0) is 68.6 Å². The van der Waals surface area contributed by atoms with Crippen LogP contribution >= 0.6 is 23.4 Å². The summed E-state index contributed by atoms with van der Waals surface area (Å²) in [7, 11) is 3.07. The van der Waals surface area contributed by atoms with Crippen molar-refractivity contribution in [2.24, 2.45) is 23.2 Å². The summed E-state index contributed by atoms with van der Waals surface area (Å²) in [6.07, 6.45) is 9.42. The molecule has 0 radical (unpaired) electrons. The van der Waals surface area contributed by atoms with E-state index in [1.165, 1.54) is 64.5 Å². The molecular formula is C25H33ClN4O3S. The zero-order valence-electron chi connectivity index (χ0n) is 20.1. The van der Waals surface area contributed by atoms with Gasteiger partial charge in [0.05, 0.1) is 30.7 Å². The van der Waals surface area contributed by atoms with Crippen LogP contribution in [0.15, 0.2) is 17.3 Å². The van der Waals surface area contributed by atoms with E-state index in [-0.39, 0.29) is 11.7 Å². The third-order valence-electron chi connectivity index (χ3n) is 7.89. The van der Waals surface area contributed by atoms with Crippen molar-refractivity contribution in [1.29, 1.82) is 0 Å². The maximum Gasteiger partial charge on any atom is 0.234 e. The van der Waals surface area contributed by atoms with Gasteiger partial charge in [0.15, 0.2) is 5.16 Å². The highest BCUT2D eigenvalue weighted by atomic mass is 35.5. The number of thioether (sulfide) groups is 1. The molecule has 0 unspecified atom stereocenters. The molecule has 7 nitrogen and oxygen atoms in total. The van der Waals surface area contributed by atoms with Crippen LogP contribution in [0.25, 0.3) is 0 Å². The van der Waals surface area contributed by atoms with Crippen LogP contribution in [0, 0.1) is 23.2 Å². The Morgan fingerprint density at radius 3 is 2.35 bits per heavy atom. The van der Waals surface area contributed by atoms with Crippen molar-refractivity contribution in [1.82, 2.24) is 14.8 Å². The summed E-state index contributed by atoms with van der Waals surface area (Å²) >= 11 is 7.58. The highest BCUT2D eigenvalue weighted by molar-refractivity contribution is 7.99. The van der Waals surface area contributed by atoms with Crippen molar-refractivity contribution >= 4 is 35.0 Å². The third kappa shape index (κ3) is 4.63. The molecule has 1 aromatic carbocycles. The first-order valence-electron chi connectivity index (χ1n) is 12.2. The van der Waals surface area contributed by atoms with E-state index in [0.717, 1.165) is 41.7 Å². The molecule has 4 aliphatic rings. The average Bonchev–Trinajstić information content (AvgIpc) is 3.18. The molecule has 4 aliphatic carbocycles. The normalized spacial score (nSPS) is 27.1. The summed E-state index contributed by atoms with van der Waals surface area (Å²) in [4.78, 5) is 12.7. The Balaban J connectivity index is 1.24. The second-order valence-corrected chi connectivity index (χ2v) is 11.6. The maximum atomic E-state index is 12.7. The monoisotopic (exact) mass is 504 g/mol. The second-order valence-electron chi connectivity index (χ2n) is 10.3. The quantitative estimate of drug-likeness (QED) is 0.457. The summed E-state index contributed by atoms with van der Waals surface area (Å²) in [5.41, 5.74) is 0.937. The largest absolute Gasteiger partial charge is 0.495 e.